The molecule has 3 aliphatic rings. The summed E-state index contributed by atoms with van der Waals surface area (Å²) < 4.78 is 10.7. The average Bonchev–Trinajstić information content (AvgIpc) is 3.57. The van der Waals surface area contributed by atoms with Crippen LogP contribution in [0.5, 0.6) is 0 Å². The first-order chi connectivity index (χ1) is 22.5. The van der Waals surface area contributed by atoms with Crippen LogP contribution >= 0.6 is 11.3 Å². The number of rotatable bonds is 15. The van der Waals surface area contributed by atoms with Gasteiger partial charge in [-0.05, 0) is 39.0 Å². The van der Waals surface area contributed by atoms with E-state index in [4.69, 9.17) is 9.47 Å². The minimum absolute atomic E-state index is 0.0109. The van der Waals surface area contributed by atoms with Crippen LogP contribution in [0.2, 0.25) is 0 Å². The molecule has 3 N–H and O–H groups in total. The summed E-state index contributed by atoms with van der Waals surface area (Å²) in [5, 5.41) is 27.3. The van der Waals surface area contributed by atoms with Gasteiger partial charge in [0.25, 0.3) is 0 Å². The minimum Gasteiger partial charge on any atom is -0.461 e. The van der Waals surface area contributed by atoms with E-state index in [-0.39, 0.29) is 37.8 Å². The van der Waals surface area contributed by atoms with Gasteiger partial charge in [0.15, 0.2) is 6.10 Å². The zero-order valence-electron chi connectivity index (χ0n) is 28.1. The number of aromatic nitrogens is 1. The molecule has 0 aromatic carbocycles. The Balaban J connectivity index is 1.53. The van der Waals surface area contributed by atoms with Gasteiger partial charge in [0, 0.05) is 37.9 Å². The van der Waals surface area contributed by atoms with Gasteiger partial charge in [0.2, 0.25) is 17.7 Å². The number of hydrogen-bond acceptors (Lipinski definition) is 10. The van der Waals surface area contributed by atoms with Gasteiger partial charge in [0.05, 0.1) is 54.6 Å². The largest absolute Gasteiger partial charge is 0.461 e. The monoisotopic (exact) mass is 678 g/mol. The van der Waals surface area contributed by atoms with Crippen molar-refractivity contribution in [2.24, 2.45) is 11.8 Å². The molecular weight excluding hydrogens is 624 g/mol. The molecule has 2 heterocycles. The lowest BCUT2D eigenvalue weighted by Crippen LogP contribution is -2.53. The third kappa shape index (κ3) is 11.8. The molecular formula is C34H54N4O8S. The van der Waals surface area contributed by atoms with Gasteiger partial charge in [0.1, 0.15) is 0 Å². The maximum Gasteiger partial charge on any atom is 0.337 e. The molecule has 0 bridgehead atoms. The van der Waals surface area contributed by atoms with Crippen LogP contribution in [0.3, 0.4) is 0 Å². The molecule has 3 unspecified atom stereocenters. The van der Waals surface area contributed by atoms with Crippen molar-refractivity contribution in [2.45, 2.75) is 121 Å². The van der Waals surface area contributed by atoms with E-state index in [0.29, 0.717) is 51.3 Å². The maximum absolute atomic E-state index is 14.1. The number of aliphatic hydroxyl groups is 2. The van der Waals surface area contributed by atoms with Gasteiger partial charge in [-0.2, -0.15) is 0 Å². The number of nitrogens with zero attached hydrogens (tertiary/aromatic N) is 3. The maximum atomic E-state index is 14.1. The van der Waals surface area contributed by atoms with Crippen molar-refractivity contribution >= 4 is 35.0 Å². The molecule has 264 valence electrons. The van der Waals surface area contributed by atoms with Gasteiger partial charge in [-0.3, -0.25) is 14.4 Å². The molecule has 3 fully saturated rings. The summed E-state index contributed by atoms with van der Waals surface area (Å²) in [6.07, 6.45) is 7.32. The van der Waals surface area contributed by atoms with Crippen LogP contribution in [0, 0.1) is 11.8 Å². The third-order valence-corrected chi connectivity index (χ3v) is 10.3. The Bertz CT molecular complexity index is 1150. The van der Waals surface area contributed by atoms with Crippen LogP contribution in [0.4, 0.5) is 0 Å². The topological polar surface area (TPSA) is 159 Å². The fourth-order valence-corrected chi connectivity index (χ4v) is 7.61. The Labute approximate surface area is 282 Å². The van der Waals surface area contributed by atoms with Gasteiger partial charge < -0.3 is 34.8 Å². The van der Waals surface area contributed by atoms with Crippen molar-refractivity contribution in [1.82, 2.24) is 20.1 Å². The summed E-state index contributed by atoms with van der Waals surface area (Å²) >= 11 is 1.38. The van der Waals surface area contributed by atoms with E-state index < -0.39 is 47.6 Å². The molecule has 13 heteroatoms. The normalized spacial score (nSPS) is 20.7. The summed E-state index contributed by atoms with van der Waals surface area (Å²) in [6.45, 7) is 4.94. The number of esters is 1. The summed E-state index contributed by atoms with van der Waals surface area (Å²) in [7, 11) is 0. The Morgan fingerprint density at radius 1 is 1.11 bits per heavy atom. The first-order valence-corrected chi connectivity index (χ1v) is 18.4. The lowest BCUT2D eigenvalue weighted by molar-refractivity contribution is -0.159. The number of morpholine rings is 1. The zero-order chi connectivity index (χ0) is 33.8. The van der Waals surface area contributed by atoms with Gasteiger partial charge in [-0.15, -0.1) is 11.3 Å². The zero-order valence-corrected chi connectivity index (χ0v) is 28.9. The van der Waals surface area contributed by atoms with Crippen LogP contribution in [0.25, 0.3) is 0 Å². The molecule has 4 rings (SSSR count). The Morgan fingerprint density at radius 2 is 1.79 bits per heavy atom. The molecule has 0 spiro atoms. The SMILES string of the molecule is CC(C)OC(=O)C(O)C(CC1CCCCC1)NC(=O)C(CC(=O)N(CC(=O)N1CCOCC1)CC1(O)CCCCC1)Cc1cscn1. The Hall–Kier alpha value is -2.61. The van der Waals surface area contributed by atoms with Gasteiger partial charge in [-0.25, -0.2) is 9.78 Å². The van der Waals surface area contributed by atoms with E-state index in [2.05, 4.69) is 10.3 Å². The smallest absolute Gasteiger partial charge is 0.337 e. The fraction of sp³-hybridized carbons (Fsp3) is 0.794. The molecule has 1 aromatic rings. The lowest BCUT2D eigenvalue weighted by Gasteiger charge is -2.38. The van der Waals surface area contributed by atoms with E-state index >= 15 is 0 Å². The molecule has 1 aliphatic heterocycles. The molecule has 3 amide bonds. The van der Waals surface area contributed by atoms with Crippen molar-refractivity contribution in [1.29, 1.82) is 0 Å². The molecule has 2 saturated carbocycles. The van der Waals surface area contributed by atoms with E-state index in [1.54, 1.807) is 24.3 Å². The second-order valence-electron chi connectivity index (χ2n) is 13.9. The number of carbonyl (C=O) groups excluding carboxylic acids is 4. The van der Waals surface area contributed by atoms with Gasteiger partial charge in [-0.1, -0.05) is 51.4 Å². The third-order valence-electron chi connectivity index (χ3n) is 9.66. The Morgan fingerprint density at radius 3 is 2.43 bits per heavy atom. The van der Waals surface area contributed by atoms with Gasteiger partial charge >= 0.3 is 5.97 Å². The number of amides is 3. The van der Waals surface area contributed by atoms with Crippen molar-refractivity contribution in [3.05, 3.63) is 16.6 Å². The highest BCUT2D eigenvalue weighted by Crippen LogP contribution is 2.30. The molecule has 47 heavy (non-hydrogen) atoms. The average molecular weight is 679 g/mol. The summed E-state index contributed by atoms with van der Waals surface area (Å²) in [6, 6.07) is -0.883. The number of thiazole rings is 1. The van der Waals surface area contributed by atoms with E-state index in [0.717, 1.165) is 51.4 Å². The summed E-state index contributed by atoms with van der Waals surface area (Å²) in [4.78, 5) is 61.7. The minimum atomic E-state index is -1.55. The number of aliphatic hydroxyl groups excluding tert-OH is 1. The van der Waals surface area contributed by atoms with Crippen LogP contribution in [0.15, 0.2) is 10.9 Å². The predicted octanol–water partition coefficient (Wildman–Crippen LogP) is 2.84. The number of ether oxygens (including phenoxy) is 2. The molecule has 1 aromatic heterocycles. The van der Waals surface area contributed by atoms with Crippen LogP contribution in [0.1, 0.15) is 96.6 Å². The van der Waals surface area contributed by atoms with Crippen molar-refractivity contribution in [3.8, 4) is 0 Å². The van der Waals surface area contributed by atoms with Crippen molar-refractivity contribution in [3.63, 3.8) is 0 Å². The number of hydrogen-bond donors (Lipinski definition) is 3. The van der Waals surface area contributed by atoms with Crippen LogP contribution in [-0.2, 0) is 35.1 Å². The van der Waals surface area contributed by atoms with E-state index in [1.165, 1.54) is 16.2 Å². The summed E-state index contributed by atoms with van der Waals surface area (Å²) in [5.74, 6) is -2.53. The first kappa shape index (κ1) is 37.2. The second-order valence-corrected chi connectivity index (χ2v) is 14.6. The lowest BCUT2D eigenvalue weighted by atomic mass is 9.83. The molecule has 12 nitrogen and oxygen atoms in total. The second kappa shape index (κ2) is 18.2. The van der Waals surface area contributed by atoms with Crippen LogP contribution in [-0.4, -0.2) is 112 Å². The quantitative estimate of drug-likeness (QED) is 0.237. The molecule has 2 aliphatic carbocycles. The van der Waals surface area contributed by atoms with E-state index in [9.17, 15) is 29.4 Å². The first-order valence-electron chi connectivity index (χ1n) is 17.4. The predicted molar refractivity (Wildman–Crippen MR) is 176 cm³/mol. The highest BCUT2D eigenvalue weighted by Gasteiger charge is 2.38. The van der Waals surface area contributed by atoms with Crippen molar-refractivity contribution < 1.29 is 38.9 Å². The molecule has 0 radical (unpaired) electrons. The standard InChI is InChI=1S/C34H54N4O8S/c1-24(2)46-33(43)31(41)28(17-25-9-5-3-6-10-25)36-32(42)26(18-27-21-47-23-35-27)19-29(39)38(22-34(44)11-7-4-8-12-34)20-30(40)37-13-15-45-16-14-37/h21,23-26,28,31,41,44H,3-20,22H2,1-2H3,(H,36,42). The molecule has 1 saturated heterocycles. The molecule has 3 atom stereocenters. The fourth-order valence-electron chi connectivity index (χ4n) is 7.04. The number of nitrogens with one attached hydrogen (secondary N) is 1. The van der Waals surface area contributed by atoms with E-state index in [1.807, 2.05) is 5.38 Å². The summed E-state index contributed by atoms with van der Waals surface area (Å²) in [5.41, 5.74) is 1.21. The Kier molecular flexibility index (Phi) is 14.4. The van der Waals surface area contributed by atoms with Crippen LogP contribution < -0.4 is 5.32 Å². The highest BCUT2D eigenvalue weighted by atomic mass is 32.1. The highest BCUT2D eigenvalue weighted by molar-refractivity contribution is 7.07. The van der Waals surface area contributed by atoms with Crippen molar-refractivity contribution in [2.75, 3.05) is 39.4 Å². The number of carbonyl (C=O) groups is 4.